The van der Waals surface area contributed by atoms with E-state index in [-0.39, 0.29) is 11.7 Å². The number of hydrogen-bond acceptors (Lipinski definition) is 4. The topological polar surface area (TPSA) is 55.8 Å². The van der Waals surface area contributed by atoms with Crippen molar-refractivity contribution >= 4 is 11.5 Å². The Hall–Kier alpha value is -1.97. The lowest BCUT2D eigenvalue weighted by atomic mass is 10.0. The molecule has 0 aliphatic carbocycles. The molecule has 0 aromatic heterocycles. The van der Waals surface area contributed by atoms with Crippen molar-refractivity contribution in [1.29, 1.82) is 0 Å². The molecule has 0 aliphatic rings. The van der Waals surface area contributed by atoms with Gasteiger partial charge in [-0.3, -0.25) is 0 Å². The number of allylic oxidation sites excluding steroid dienone is 1. The quantitative estimate of drug-likeness (QED) is 0.535. The Morgan fingerprint density at radius 1 is 1.35 bits per heavy atom. The summed E-state index contributed by atoms with van der Waals surface area (Å²) in [5, 5.41) is 9.80. The van der Waals surface area contributed by atoms with Gasteiger partial charge in [-0.15, -0.1) is 0 Å². The van der Waals surface area contributed by atoms with Crippen LogP contribution >= 0.6 is 0 Å². The van der Waals surface area contributed by atoms with Crippen LogP contribution in [0.25, 0.3) is 5.57 Å². The van der Waals surface area contributed by atoms with Crippen LogP contribution in [-0.4, -0.2) is 24.8 Å². The summed E-state index contributed by atoms with van der Waals surface area (Å²) < 4.78 is 10.4. The zero-order valence-electron chi connectivity index (χ0n) is 14.6. The van der Waals surface area contributed by atoms with Crippen LogP contribution in [-0.2, 0) is 9.53 Å². The van der Waals surface area contributed by atoms with E-state index in [1.807, 2.05) is 6.92 Å². The fraction of sp³-hybridized carbons (Fsp3) is 0.526. The number of phenolic OH excluding ortho intramolecular Hbond substituents is 1. The molecule has 4 nitrogen and oxygen atoms in total. The van der Waals surface area contributed by atoms with Gasteiger partial charge >= 0.3 is 5.97 Å². The van der Waals surface area contributed by atoms with Crippen LogP contribution in [0.1, 0.15) is 52.0 Å². The van der Waals surface area contributed by atoms with Crippen LogP contribution in [0.15, 0.2) is 24.3 Å². The highest BCUT2D eigenvalue weighted by molar-refractivity contribution is 5.91. The molecule has 128 valence electrons. The van der Waals surface area contributed by atoms with E-state index < -0.39 is 0 Å². The second-order valence-corrected chi connectivity index (χ2v) is 5.76. The van der Waals surface area contributed by atoms with Crippen molar-refractivity contribution in [1.82, 2.24) is 0 Å². The van der Waals surface area contributed by atoms with Crippen molar-refractivity contribution in [3.05, 3.63) is 29.8 Å². The highest BCUT2D eigenvalue weighted by Gasteiger charge is 2.10. The minimum absolute atomic E-state index is 0.0525. The van der Waals surface area contributed by atoms with E-state index in [1.165, 1.54) is 13.2 Å². The molecule has 1 aromatic rings. The van der Waals surface area contributed by atoms with Crippen molar-refractivity contribution in [2.24, 2.45) is 5.92 Å². The average molecular weight is 320 g/mol. The summed E-state index contributed by atoms with van der Waals surface area (Å²) in [7, 11) is 1.50. The molecule has 0 saturated heterocycles. The van der Waals surface area contributed by atoms with E-state index in [0.717, 1.165) is 36.8 Å². The maximum atomic E-state index is 11.9. The van der Waals surface area contributed by atoms with Gasteiger partial charge in [-0.2, -0.15) is 0 Å². The van der Waals surface area contributed by atoms with Crippen molar-refractivity contribution in [2.75, 3.05) is 13.7 Å². The molecule has 0 spiro atoms. The summed E-state index contributed by atoms with van der Waals surface area (Å²) in [6.07, 6.45) is 5.89. The summed E-state index contributed by atoms with van der Waals surface area (Å²) in [4.78, 5) is 11.9. The summed E-state index contributed by atoms with van der Waals surface area (Å²) in [5.41, 5.74) is 1.51. The molecule has 0 amide bonds. The molecule has 0 radical (unpaired) electrons. The van der Waals surface area contributed by atoms with Gasteiger partial charge in [0.25, 0.3) is 0 Å². The smallest absolute Gasteiger partial charge is 0.331 e. The Balaban J connectivity index is 2.63. The van der Waals surface area contributed by atoms with Crippen LogP contribution < -0.4 is 4.74 Å². The first-order valence-electron chi connectivity index (χ1n) is 8.24. The van der Waals surface area contributed by atoms with Crippen LogP contribution in [0, 0.1) is 5.92 Å². The van der Waals surface area contributed by atoms with E-state index in [2.05, 4.69) is 13.8 Å². The number of benzene rings is 1. The van der Waals surface area contributed by atoms with Crippen molar-refractivity contribution in [3.63, 3.8) is 0 Å². The number of rotatable bonds is 9. The molecule has 4 heteroatoms. The van der Waals surface area contributed by atoms with E-state index >= 15 is 0 Å². The van der Waals surface area contributed by atoms with E-state index in [1.54, 1.807) is 18.2 Å². The van der Waals surface area contributed by atoms with E-state index in [4.69, 9.17) is 9.47 Å². The first-order chi connectivity index (χ1) is 11.0. The Kier molecular flexibility index (Phi) is 8.23. The largest absolute Gasteiger partial charge is 0.504 e. The van der Waals surface area contributed by atoms with Crippen molar-refractivity contribution < 1.29 is 19.4 Å². The second-order valence-electron chi connectivity index (χ2n) is 5.76. The molecule has 0 aliphatic heterocycles. The minimum Gasteiger partial charge on any atom is -0.504 e. The summed E-state index contributed by atoms with van der Waals surface area (Å²) in [6.45, 7) is 6.56. The normalized spacial score (nSPS) is 12.8. The molecule has 0 heterocycles. The zero-order valence-corrected chi connectivity index (χ0v) is 14.6. The number of carbonyl (C=O) groups is 1. The molecule has 1 atom stereocenters. The maximum absolute atomic E-state index is 11.9. The highest BCUT2D eigenvalue weighted by atomic mass is 16.5. The van der Waals surface area contributed by atoms with Gasteiger partial charge in [-0.05, 0) is 42.5 Å². The molecule has 0 bridgehead atoms. The number of hydrogen-bond donors (Lipinski definition) is 1. The van der Waals surface area contributed by atoms with Gasteiger partial charge in [0, 0.05) is 6.08 Å². The fourth-order valence-corrected chi connectivity index (χ4v) is 2.34. The number of methoxy groups -OCH3 is 1. The third-order valence-corrected chi connectivity index (χ3v) is 3.97. The van der Waals surface area contributed by atoms with Crippen molar-refractivity contribution in [3.8, 4) is 11.5 Å². The molecule has 1 aromatic carbocycles. The lowest BCUT2D eigenvalue weighted by Gasteiger charge is -2.14. The highest BCUT2D eigenvalue weighted by Crippen LogP contribution is 2.29. The van der Waals surface area contributed by atoms with Gasteiger partial charge in [-0.25, -0.2) is 4.79 Å². The second kappa shape index (κ2) is 9.93. The Morgan fingerprint density at radius 3 is 2.65 bits per heavy atom. The molecule has 1 N–H and O–H groups in total. The lowest BCUT2D eigenvalue weighted by Crippen LogP contribution is -2.12. The molecule has 1 rings (SSSR count). The van der Waals surface area contributed by atoms with Gasteiger partial charge in [-0.1, -0.05) is 39.2 Å². The molecule has 1 unspecified atom stereocenters. The van der Waals surface area contributed by atoms with Gasteiger partial charge in [0.05, 0.1) is 13.7 Å². The maximum Gasteiger partial charge on any atom is 0.331 e. The van der Waals surface area contributed by atoms with Crippen LogP contribution in [0.3, 0.4) is 0 Å². The molecular weight excluding hydrogens is 292 g/mol. The Labute approximate surface area is 139 Å². The SMILES string of the molecule is CCCCC(CC)COC(=O)/C=C(\C)c1ccc(OC)c(O)c1. The average Bonchev–Trinajstić information content (AvgIpc) is 2.54. The first-order valence-corrected chi connectivity index (χ1v) is 8.24. The van der Waals surface area contributed by atoms with Gasteiger partial charge in [0.15, 0.2) is 11.5 Å². The van der Waals surface area contributed by atoms with Gasteiger partial charge < -0.3 is 14.6 Å². The molecular formula is C19H28O4. The summed E-state index contributed by atoms with van der Waals surface area (Å²) in [5.74, 6) is 0.549. The number of carbonyl (C=O) groups excluding carboxylic acids is 1. The lowest BCUT2D eigenvalue weighted by molar-refractivity contribution is -0.139. The number of phenols is 1. The molecule has 0 saturated carbocycles. The predicted octanol–water partition coefficient (Wildman–Crippen LogP) is 4.56. The van der Waals surface area contributed by atoms with E-state index in [9.17, 15) is 9.90 Å². The number of aromatic hydroxyl groups is 1. The van der Waals surface area contributed by atoms with Crippen LogP contribution in [0.2, 0.25) is 0 Å². The Morgan fingerprint density at radius 2 is 2.09 bits per heavy atom. The monoisotopic (exact) mass is 320 g/mol. The third-order valence-electron chi connectivity index (χ3n) is 3.97. The first kappa shape index (κ1) is 19.1. The minimum atomic E-state index is -0.340. The number of esters is 1. The fourth-order valence-electron chi connectivity index (χ4n) is 2.34. The number of unbranched alkanes of at least 4 members (excludes halogenated alkanes) is 1. The standard InChI is InChI=1S/C19H28O4/c1-5-7-8-15(6-2)13-23-19(21)11-14(3)16-9-10-18(22-4)17(20)12-16/h9-12,15,20H,5-8,13H2,1-4H3/b14-11+. The van der Waals surface area contributed by atoms with E-state index in [0.29, 0.717) is 18.3 Å². The van der Waals surface area contributed by atoms with Crippen molar-refractivity contribution in [2.45, 2.75) is 46.5 Å². The van der Waals surface area contributed by atoms with Crippen LogP contribution in [0.4, 0.5) is 0 Å². The van der Waals surface area contributed by atoms with Crippen LogP contribution in [0.5, 0.6) is 11.5 Å². The molecule has 0 fully saturated rings. The predicted molar refractivity (Wildman–Crippen MR) is 92.6 cm³/mol. The van der Waals surface area contributed by atoms with Gasteiger partial charge in [0.1, 0.15) is 0 Å². The number of ether oxygens (including phenoxy) is 2. The zero-order chi connectivity index (χ0) is 17.2. The molecule has 23 heavy (non-hydrogen) atoms. The summed E-state index contributed by atoms with van der Waals surface area (Å²) in [6, 6.07) is 5.05. The Bertz CT molecular complexity index is 534. The van der Waals surface area contributed by atoms with Gasteiger partial charge in [0.2, 0.25) is 0 Å². The summed E-state index contributed by atoms with van der Waals surface area (Å²) >= 11 is 0. The third kappa shape index (κ3) is 6.35.